The van der Waals surface area contributed by atoms with Gasteiger partial charge in [0.2, 0.25) is 0 Å². The van der Waals surface area contributed by atoms with Crippen LogP contribution < -0.4 is 4.89 Å². The highest BCUT2D eigenvalue weighted by Gasteiger charge is 2.38. The molecule has 0 aliphatic carbocycles. The molecule has 56 heavy (non-hydrogen) atoms. The second-order valence-corrected chi connectivity index (χ2v) is 19.5. The molecule has 3 rings (SSSR count). The molecule has 0 radical (unpaired) electrons. The van der Waals surface area contributed by atoms with Crippen LogP contribution in [-0.4, -0.2) is 73.7 Å². The first-order valence-electron chi connectivity index (χ1n) is 20.5. The molecule has 3 aromatic carbocycles. The van der Waals surface area contributed by atoms with E-state index in [0.29, 0.717) is 27.1 Å². The number of rotatable bonds is 30. The Morgan fingerprint density at radius 2 is 1.12 bits per heavy atom. The van der Waals surface area contributed by atoms with E-state index in [-0.39, 0.29) is 19.6 Å². The molecule has 0 bridgehead atoms. The monoisotopic (exact) mass is 921 g/mol. The Morgan fingerprint density at radius 3 is 1.59 bits per heavy atom. The average Bonchev–Trinajstić information content (AvgIpc) is 3.18. The number of carbonyl (C=O) groups is 1. The summed E-state index contributed by atoms with van der Waals surface area (Å²) in [6, 6.07) is 29.5. The second-order valence-electron chi connectivity index (χ2n) is 15.7. The van der Waals surface area contributed by atoms with Crippen molar-refractivity contribution in [2.75, 3.05) is 47.5 Å². The van der Waals surface area contributed by atoms with E-state index in [9.17, 15) is 14.3 Å². The fourth-order valence-corrected chi connectivity index (χ4v) is 8.51. The Hall–Kier alpha value is -1.88. The summed E-state index contributed by atoms with van der Waals surface area (Å²) in [5, 5.41) is 0. The Balaban J connectivity index is 1.62. The van der Waals surface area contributed by atoms with Crippen molar-refractivity contribution in [2.45, 2.75) is 118 Å². The number of carbonyl (C=O) groups excluding carboxylic acids is 1. The number of nitrogens with zero attached hydrogens (tertiary/aromatic N) is 1. The van der Waals surface area contributed by atoms with E-state index >= 15 is 0 Å². The number of benzene rings is 3. The van der Waals surface area contributed by atoms with Gasteiger partial charge in [-0.1, -0.05) is 194 Å². The second kappa shape index (κ2) is 26.3. The van der Waals surface area contributed by atoms with Crippen LogP contribution >= 0.6 is 39.7 Å². The molecular formula is C45H66Br2NO7P. The Bertz CT molecular complexity index is 1430. The van der Waals surface area contributed by atoms with Crippen molar-refractivity contribution in [3.8, 4) is 0 Å². The van der Waals surface area contributed by atoms with Gasteiger partial charge in [-0.25, -0.2) is 0 Å². The van der Waals surface area contributed by atoms with Gasteiger partial charge in [0, 0.05) is 16.1 Å². The molecule has 4 atom stereocenters. The summed E-state index contributed by atoms with van der Waals surface area (Å²) in [7, 11) is 1.15. The largest absolute Gasteiger partial charge is 0.756 e. The fraction of sp³-hybridized carbons (Fsp3) is 0.578. The van der Waals surface area contributed by atoms with Crippen LogP contribution in [0.15, 0.2) is 91.0 Å². The lowest BCUT2D eigenvalue weighted by Gasteiger charge is -2.37. The number of phosphoric acid groups is 1. The molecule has 0 heterocycles. The fourth-order valence-electron chi connectivity index (χ4n) is 6.61. The van der Waals surface area contributed by atoms with Crippen molar-refractivity contribution >= 4 is 45.7 Å². The normalized spacial score (nSPS) is 14.8. The van der Waals surface area contributed by atoms with Crippen LogP contribution in [0, 0.1) is 0 Å². The van der Waals surface area contributed by atoms with E-state index in [1.54, 1.807) is 0 Å². The van der Waals surface area contributed by atoms with E-state index in [1.807, 2.05) is 112 Å². The van der Waals surface area contributed by atoms with Crippen LogP contribution in [0.5, 0.6) is 0 Å². The number of hydrogen-bond donors (Lipinski definition) is 0. The Labute approximate surface area is 354 Å². The lowest BCUT2D eigenvalue weighted by Crippen LogP contribution is -2.39. The molecule has 8 nitrogen and oxygen atoms in total. The van der Waals surface area contributed by atoms with Crippen molar-refractivity contribution in [3.05, 3.63) is 108 Å². The highest BCUT2D eigenvalue weighted by molar-refractivity contribution is 9.12. The number of unbranched alkanes of at least 4 members (excludes halogenated alkanes) is 9. The number of hydrogen-bond acceptors (Lipinski definition) is 7. The molecule has 0 N–H and O–H groups in total. The standard InChI is InChI=1S/C45H66Br2NO7P/c1-5-6-7-8-10-22-31-42(46)43(47)32-23-11-9-12-24-33-44(49)55-41(37-54-56(50,51)53-35-34-48(2,3)4)36-52-45(38-25-16-13-17-26-38,39-27-18-14-19-28-39)40-29-20-15-21-30-40/h13-21,25-30,41-43H,5-12,22-24,31-37H2,1-4H3/t41-,42?,43?/m1/s1. The van der Waals surface area contributed by atoms with Gasteiger partial charge in [-0.15, -0.1) is 0 Å². The molecule has 0 aliphatic heterocycles. The van der Waals surface area contributed by atoms with Crippen LogP contribution in [0.3, 0.4) is 0 Å². The van der Waals surface area contributed by atoms with Crippen LogP contribution in [0.1, 0.15) is 114 Å². The van der Waals surface area contributed by atoms with Gasteiger partial charge in [-0.3, -0.25) is 9.36 Å². The summed E-state index contributed by atoms with van der Waals surface area (Å²) in [4.78, 5) is 27.1. The quantitative estimate of drug-likeness (QED) is 0.0164. The van der Waals surface area contributed by atoms with Crippen molar-refractivity contribution in [3.63, 3.8) is 0 Å². The molecule has 0 fully saturated rings. The number of likely N-dealkylation sites (N-methyl/N-ethyl adjacent to an activating group) is 1. The lowest BCUT2D eigenvalue weighted by molar-refractivity contribution is -0.870. The molecular weight excluding hydrogens is 857 g/mol. The summed E-state index contributed by atoms with van der Waals surface area (Å²) in [6.45, 7) is 2.12. The molecule has 0 spiro atoms. The van der Waals surface area contributed by atoms with Gasteiger partial charge in [0.05, 0.1) is 34.4 Å². The van der Waals surface area contributed by atoms with Gasteiger partial charge in [-0.05, 0) is 36.0 Å². The van der Waals surface area contributed by atoms with Gasteiger partial charge >= 0.3 is 5.97 Å². The maximum atomic E-state index is 13.3. The summed E-state index contributed by atoms with van der Waals surface area (Å²) in [5.74, 6) is -0.420. The first-order chi connectivity index (χ1) is 26.9. The minimum Gasteiger partial charge on any atom is -0.756 e. The van der Waals surface area contributed by atoms with E-state index in [0.717, 1.165) is 48.8 Å². The summed E-state index contributed by atoms with van der Waals surface area (Å²) < 4.78 is 36.7. The molecule has 11 heteroatoms. The predicted octanol–water partition coefficient (Wildman–Crippen LogP) is 11.1. The third kappa shape index (κ3) is 18.4. The maximum absolute atomic E-state index is 13.3. The van der Waals surface area contributed by atoms with Gasteiger partial charge in [-0.2, -0.15) is 0 Å². The van der Waals surface area contributed by atoms with Crippen LogP contribution in [0.25, 0.3) is 0 Å². The Kier molecular flexibility index (Phi) is 22.7. The highest BCUT2D eigenvalue weighted by atomic mass is 79.9. The van der Waals surface area contributed by atoms with Gasteiger partial charge < -0.3 is 27.9 Å². The molecule has 0 amide bonds. The number of esters is 1. The lowest BCUT2D eigenvalue weighted by atomic mass is 9.80. The predicted molar refractivity (Wildman–Crippen MR) is 233 cm³/mol. The zero-order valence-electron chi connectivity index (χ0n) is 34.1. The van der Waals surface area contributed by atoms with Crippen LogP contribution in [-0.2, 0) is 33.5 Å². The SMILES string of the molecule is CCCCCCCCC(Br)C(Br)CCCCCCCC(=O)O[C@H](COC(c1ccccc1)(c1ccccc1)c1ccccc1)COP(=O)([O-])OCC[N+](C)(C)C. The molecule has 312 valence electrons. The van der Waals surface area contributed by atoms with Gasteiger partial charge in [0.25, 0.3) is 7.82 Å². The van der Waals surface area contributed by atoms with E-state index in [2.05, 4.69) is 38.8 Å². The summed E-state index contributed by atoms with van der Waals surface area (Å²) in [6.07, 6.45) is 14.3. The van der Waals surface area contributed by atoms with Crippen LogP contribution in [0.2, 0.25) is 0 Å². The van der Waals surface area contributed by atoms with Crippen molar-refractivity contribution in [2.24, 2.45) is 0 Å². The summed E-state index contributed by atoms with van der Waals surface area (Å²) in [5.41, 5.74) is 1.53. The minimum atomic E-state index is -4.69. The molecule has 3 unspecified atom stereocenters. The zero-order valence-corrected chi connectivity index (χ0v) is 38.2. The van der Waals surface area contributed by atoms with Gasteiger partial charge in [0.1, 0.15) is 24.9 Å². The van der Waals surface area contributed by atoms with Crippen LogP contribution in [0.4, 0.5) is 0 Å². The molecule has 0 aromatic heterocycles. The molecule has 0 saturated heterocycles. The Morgan fingerprint density at radius 1 is 0.679 bits per heavy atom. The number of ether oxygens (including phenoxy) is 2. The first-order valence-corrected chi connectivity index (χ1v) is 23.8. The number of phosphoric ester groups is 1. The third-order valence-corrected chi connectivity index (χ3v) is 13.7. The van der Waals surface area contributed by atoms with E-state index < -0.39 is 32.1 Å². The van der Waals surface area contributed by atoms with Gasteiger partial charge in [0.15, 0.2) is 0 Å². The molecule has 0 aliphatic rings. The van der Waals surface area contributed by atoms with E-state index in [4.69, 9.17) is 18.5 Å². The third-order valence-electron chi connectivity index (χ3n) is 9.84. The molecule has 0 saturated carbocycles. The first kappa shape index (κ1) is 48.5. The smallest absolute Gasteiger partial charge is 0.306 e. The number of quaternary nitrogens is 1. The maximum Gasteiger partial charge on any atom is 0.306 e. The number of alkyl halides is 2. The molecule has 3 aromatic rings. The van der Waals surface area contributed by atoms with Crippen molar-refractivity contribution in [1.82, 2.24) is 0 Å². The highest BCUT2D eigenvalue weighted by Crippen LogP contribution is 2.42. The average molecular weight is 924 g/mol. The zero-order chi connectivity index (χ0) is 40.7. The summed E-state index contributed by atoms with van der Waals surface area (Å²) >= 11 is 7.79. The number of halogens is 2. The minimum absolute atomic E-state index is 0.0312. The van der Waals surface area contributed by atoms with Crippen molar-refractivity contribution in [1.29, 1.82) is 0 Å². The van der Waals surface area contributed by atoms with E-state index in [1.165, 1.54) is 44.9 Å². The van der Waals surface area contributed by atoms with Crippen molar-refractivity contribution < 1.29 is 37.3 Å². The topological polar surface area (TPSA) is 94.1 Å².